The lowest BCUT2D eigenvalue weighted by Crippen LogP contribution is -2.27. The first kappa shape index (κ1) is 18.3. The van der Waals surface area contributed by atoms with Crippen molar-refractivity contribution in [3.63, 3.8) is 0 Å². The summed E-state index contributed by atoms with van der Waals surface area (Å²) in [6.45, 7) is 4.14. The Balaban J connectivity index is 2.68. The minimum Gasteiger partial charge on any atom is -0.313 e. The average Bonchev–Trinajstić information content (AvgIpc) is 2.46. The number of nitrogens with one attached hydrogen (secondary N) is 2. The van der Waals surface area contributed by atoms with Crippen molar-refractivity contribution < 1.29 is 12.6 Å². The molecule has 0 spiro atoms. The van der Waals surface area contributed by atoms with Gasteiger partial charge in [0.15, 0.2) is 0 Å². The average molecular weight is 332 g/mol. The summed E-state index contributed by atoms with van der Waals surface area (Å²) >= 11 is 0. The van der Waals surface area contributed by atoms with Gasteiger partial charge in [-0.2, -0.15) is 0 Å². The van der Waals surface area contributed by atoms with Crippen LogP contribution >= 0.6 is 0 Å². The lowest BCUT2D eigenvalue weighted by molar-refractivity contribution is 0.577. The lowest BCUT2D eigenvalue weighted by Gasteiger charge is -2.12. The van der Waals surface area contributed by atoms with Crippen LogP contribution in [0.3, 0.4) is 0 Å². The van der Waals surface area contributed by atoms with Gasteiger partial charge in [-0.05, 0) is 38.1 Å². The van der Waals surface area contributed by atoms with E-state index in [2.05, 4.69) is 10.0 Å². The van der Waals surface area contributed by atoms with Gasteiger partial charge in [-0.3, -0.25) is 4.21 Å². The summed E-state index contributed by atoms with van der Waals surface area (Å²) < 4.78 is 38.0. The van der Waals surface area contributed by atoms with E-state index in [1.807, 2.05) is 20.9 Å². The molecule has 0 aliphatic carbocycles. The summed E-state index contributed by atoms with van der Waals surface area (Å²) in [5.41, 5.74) is 1.03. The maximum absolute atomic E-state index is 12.1. The van der Waals surface area contributed by atoms with Gasteiger partial charge in [-0.1, -0.05) is 19.1 Å². The SMILES string of the molecule is CNC(C)c1ccc(S(=O)(=O)NCCC(C)S(C)=O)cc1. The van der Waals surface area contributed by atoms with Crippen LogP contribution in [0, 0.1) is 0 Å². The van der Waals surface area contributed by atoms with Crippen LogP contribution in [-0.4, -0.2) is 37.7 Å². The van der Waals surface area contributed by atoms with Crippen molar-refractivity contribution in [2.75, 3.05) is 19.8 Å². The number of hydrogen-bond acceptors (Lipinski definition) is 4. The van der Waals surface area contributed by atoms with Gasteiger partial charge < -0.3 is 5.32 Å². The van der Waals surface area contributed by atoms with E-state index in [0.717, 1.165) is 5.56 Å². The molecule has 0 saturated carbocycles. The van der Waals surface area contributed by atoms with Crippen LogP contribution < -0.4 is 10.0 Å². The molecule has 1 aromatic carbocycles. The Morgan fingerprint density at radius 1 is 1.19 bits per heavy atom. The van der Waals surface area contributed by atoms with Crippen molar-refractivity contribution in [3.8, 4) is 0 Å². The van der Waals surface area contributed by atoms with Crippen LogP contribution in [0.15, 0.2) is 29.2 Å². The molecule has 0 saturated heterocycles. The van der Waals surface area contributed by atoms with Crippen molar-refractivity contribution >= 4 is 20.8 Å². The van der Waals surface area contributed by atoms with Crippen LogP contribution in [0.5, 0.6) is 0 Å². The van der Waals surface area contributed by atoms with Crippen molar-refractivity contribution in [1.29, 1.82) is 0 Å². The first-order chi connectivity index (χ1) is 9.77. The maximum atomic E-state index is 12.1. The van der Waals surface area contributed by atoms with Gasteiger partial charge in [-0.15, -0.1) is 0 Å². The molecule has 120 valence electrons. The predicted octanol–water partition coefficient (Wildman–Crippen LogP) is 1.40. The highest BCUT2D eigenvalue weighted by Crippen LogP contribution is 2.15. The fourth-order valence-corrected chi connectivity index (χ4v) is 3.25. The molecule has 0 bridgehead atoms. The Morgan fingerprint density at radius 2 is 1.76 bits per heavy atom. The lowest BCUT2D eigenvalue weighted by atomic mass is 10.1. The molecular formula is C14H24N2O3S2. The highest BCUT2D eigenvalue weighted by molar-refractivity contribution is 7.89. The minimum atomic E-state index is -3.50. The molecule has 2 N–H and O–H groups in total. The molecule has 1 rings (SSSR count). The van der Waals surface area contributed by atoms with Crippen LogP contribution in [-0.2, 0) is 20.8 Å². The topological polar surface area (TPSA) is 75.3 Å². The molecule has 3 atom stereocenters. The normalized spacial score (nSPS) is 16.4. The van der Waals surface area contributed by atoms with Crippen molar-refractivity contribution in [2.45, 2.75) is 36.5 Å². The maximum Gasteiger partial charge on any atom is 0.240 e. The van der Waals surface area contributed by atoms with Gasteiger partial charge in [0.05, 0.1) is 4.90 Å². The zero-order chi connectivity index (χ0) is 16.0. The number of rotatable bonds is 8. The van der Waals surface area contributed by atoms with Crippen LogP contribution in [0.4, 0.5) is 0 Å². The van der Waals surface area contributed by atoms with Gasteiger partial charge in [-0.25, -0.2) is 13.1 Å². The minimum absolute atomic E-state index is 0.0217. The number of hydrogen-bond donors (Lipinski definition) is 2. The summed E-state index contributed by atoms with van der Waals surface area (Å²) in [5, 5.41) is 3.08. The Morgan fingerprint density at radius 3 is 2.24 bits per heavy atom. The molecule has 1 aromatic rings. The van der Waals surface area contributed by atoms with Gasteiger partial charge in [0, 0.05) is 34.9 Å². The predicted molar refractivity (Wildman–Crippen MR) is 87.3 cm³/mol. The van der Waals surface area contributed by atoms with Crippen molar-refractivity contribution in [3.05, 3.63) is 29.8 Å². The van der Waals surface area contributed by atoms with Crippen LogP contribution in [0.1, 0.15) is 31.9 Å². The highest BCUT2D eigenvalue weighted by atomic mass is 32.2. The quantitative estimate of drug-likeness (QED) is 0.754. The molecule has 0 amide bonds. The smallest absolute Gasteiger partial charge is 0.240 e. The van der Waals surface area contributed by atoms with E-state index in [-0.39, 0.29) is 22.7 Å². The second kappa shape index (κ2) is 8.03. The molecule has 0 radical (unpaired) electrons. The summed E-state index contributed by atoms with van der Waals surface area (Å²) in [6, 6.07) is 6.99. The number of sulfonamides is 1. The Kier molecular flexibility index (Phi) is 6.99. The van der Waals surface area contributed by atoms with E-state index in [9.17, 15) is 12.6 Å². The molecule has 0 heterocycles. The van der Waals surface area contributed by atoms with Gasteiger partial charge >= 0.3 is 0 Å². The Labute approximate surface area is 130 Å². The molecular weight excluding hydrogens is 308 g/mol. The summed E-state index contributed by atoms with van der Waals surface area (Å²) in [4.78, 5) is 0.250. The third-order valence-corrected chi connectivity index (χ3v) is 6.38. The molecule has 0 aliphatic rings. The van der Waals surface area contributed by atoms with E-state index >= 15 is 0 Å². The summed E-state index contributed by atoms with van der Waals surface area (Å²) in [7, 11) is -2.58. The van der Waals surface area contributed by atoms with Gasteiger partial charge in [0.2, 0.25) is 10.0 Å². The van der Waals surface area contributed by atoms with Crippen LogP contribution in [0.2, 0.25) is 0 Å². The third-order valence-electron chi connectivity index (χ3n) is 3.53. The van der Waals surface area contributed by atoms with E-state index < -0.39 is 20.8 Å². The fourth-order valence-electron chi connectivity index (χ4n) is 1.75. The van der Waals surface area contributed by atoms with Crippen molar-refractivity contribution in [1.82, 2.24) is 10.0 Å². The highest BCUT2D eigenvalue weighted by Gasteiger charge is 2.15. The molecule has 0 fully saturated rings. The fraction of sp³-hybridized carbons (Fsp3) is 0.571. The van der Waals surface area contributed by atoms with Crippen LogP contribution in [0.25, 0.3) is 0 Å². The number of benzene rings is 1. The molecule has 3 unspecified atom stereocenters. The first-order valence-corrected chi connectivity index (χ1v) is 9.97. The third kappa shape index (κ3) is 5.50. The largest absolute Gasteiger partial charge is 0.313 e. The summed E-state index contributed by atoms with van der Waals surface area (Å²) in [6.07, 6.45) is 2.18. The molecule has 0 aromatic heterocycles. The van der Waals surface area contributed by atoms with Gasteiger partial charge in [0.25, 0.3) is 0 Å². The molecule has 7 heteroatoms. The standard InChI is InChI=1S/C14H24N2O3S2/c1-11(20(4)17)9-10-16-21(18,19)14-7-5-13(6-8-14)12(2)15-3/h5-8,11-12,15-16H,9-10H2,1-4H3. The van der Waals surface area contributed by atoms with Gasteiger partial charge in [0.1, 0.15) is 0 Å². The molecule has 0 aliphatic heterocycles. The van der Waals surface area contributed by atoms with E-state index in [4.69, 9.17) is 0 Å². The molecule has 5 nitrogen and oxygen atoms in total. The Hall–Kier alpha value is -0.760. The van der Waals surface area contributed by atoms with E-state index in [0.29, 0.717) is 6.42 Å². The Bertz CT molecular complexity index is 570. The van der Waals surface area contributed by atoms with Crippen molar-refractivity contribution in [2.24, 2.45) is 0 Å². The second-order valence-corrected chi connectivity index (χ2v) is 8.64. The van der Waals surface area contributed by atoms with E-state index in [1.165, 1.54) is 0 Å². The monoisotopic (exact) mass is 332 g/mol. The zero-order valence-electron chi connectivity index (χ0n) is 12.9. The zero-order valence-corrected chi connectivity index (χ0v) is 14.6. The summed E-state index contributed by atoms with van der Waals surface area (Å²) in [5.74, 6) is 0. The molecule has 21 heavy (non-hydrogen) atoms. The first-order valence-electron chi connectivity index (χ1n) is 6.87. The van der Waals surface area contributed by atoms with E-state index in [1.54, 1.807) is 30.5 Å². The second-order valence-electron chi connectivity index (χ2n) is 5.08.